The zero-order valence-electron chi connectivity index (χ0n) is 12.5. The highest BCUT2D eigenvalue weighted by Crippen LogP contribution is 2.55. The lowest BCUT2D eigenvalue weighted by Gasteiger charge is -2.27. The highest BCUT2D eigenvalue weighted by atomic mass is 16.6. The van der Waals surface area contributed by atoms with Gasteiger partial charge in [0.05, 0.1) is 6.04 Å². The van der Waals surface area contributed by atoms with Crippen molar-refractivity contribution < 1.29 is 9.53 Å². The van der Waals surface area contributed by atoms with Crippen LogP contribution >= 0.6 is 0 Å². The number of rotatable bonds is 5. The first-order chi connectivity index (χ1) is 9.59. The summed E-state index contributed by atoms with van der Waals surface area (Å²) in [5, 5.41) is 6.33. The van der Waals surface area contributed by atoms with Gasteiger partial charge in [-0.25, -0.2) is 4.79 Å². The third-order valence-electron chi connectivity index (χ3n) is 5.23. The maximum atomic E-state index is 12.2. The number of fused-ring (bicyclic) bond motifs is 1. The number of carbonyl (C=O) groups is 1. The molecule has 2 bridgehead atoms. The molecule has 2 aliphatic carbocycles. The Bertz CT molecular complexity index is 459. The molecule has 1 saturated heterocycles. The molecule has 1 spiro atoms. The van der Waals surface area contributed by atoms with Crippen molar-refractivity contribution in [3.8, 4) is 0 Å². The van der Waals surface area contributed by atoms with Gasteiger partial charge in [-0.1, -0.05) is 19.9 Å². The van der Waals surface area contributed by atoms with Crippen molar-refractivity contribution in [2.75, 3.05) is 0 Å². The summed E-state index contributed by atoms with van der Waals surface area (Å²) in [6.07, 6.45) is 7.75. The smallest absolute Gasteiger partial charge is 0.431 e. The fourth-order valence-electron chi connectivity index (χ4n) is 4.16. The molecule has 0 aromatic heterocycles. The molecule has 0 aromatic carbocycles. The molecule has 3 rings (SSSR count). The maximum absolute atomic E-state index is 12.2. The van der Waals surface area contributed by atoms with Crippen molar-refractivity contribution in [2.45, 2.75) is 64.0 Å². The normalized spacial score (nSPS) is 37.0. The van der Waals surface area contributed by atoms with Gasteiger partial charge in [0.15, 0.2) is 0 Å². The number of ether oxygens (including phenoxy) is 1. The van der Waals surface area contributed by atoms with Gasteiger partial charge < -0.3 is 4.74 Å². The molecule has 1 aliphatic heterocycles. The Morgan fingerprint density at radius 3 is 3.15 bits per heavy atom. The van der Waals surface area contributed by atoms with Gasteiger partial charge in [0.2, 0.25) is 0 Å². The maximum Gasteiger partial charge on any atom is 0.431 e. The van der Waals surface area contributed by atoms with Gasteiger partial charge in [-0.15, -0.1) is 6.58 Å². The Kier molecular flexibility index (Phi) is 3.35. The van der Waals surface area contributed by atoms with E-state index in [2.05, 4.69) is 25.5 Å². The minimum absolute atomic E-state index is 0.172. The van der Waals surface area contributed by atoms with Gasteiger partial charge in [-0.3, -0.25) is 0 Å². The van der Waals surface area contributed by atoms with E-state index in [1.54, 1.807) is 5.01 Å². The zero-order chi connectivity index (χ0) is 14.3. The van der Waals surface area contributed by atoms with Crippen LogP contribution in [0.1, 0.15) is 52.4 Å². The van der Waals surface area contributed by atoms with E-state index in [-0.39, 0.29) is 17.7 Å². The van der Waals surface area contributed by atoms with Crippen LogP contribution in [-0.2, 0) is 4.74 Å². The van der Waals surface area contributed by atoms with E-state index in [9.17, 15) is 4.79 Å². The summed E-state index contributed by atoms with van der Waals surface area (Å²) in [5.41, 5.74) is 0.855. The Hall–Kier alpha value is -1.32. The van der Waals surface area contributed by atoms with E-state index in [4.69, 9.17) is 4.74 Å². The molecule has 0 aromatic rings. The summed E-state index contributed by atoms with van der Waals surface area (Å²) in [5.74, 6) is 1.06. The Morgan fingerprint density at radius 1 is 1.70 bits per heavy atom. The second kappa shape index (κ2) is 4.90. The molecule has 1 amide bonds. The average molecular weight is 276 g/mol. The van der Waals surface area contributed by atoms with E-state index in [0.29, 0.717) is 5.92 Å². The Balaban J connectivity index is 1.83. The zero-order valence-corrected chi connectivity index (χ0v) is 12.5. The van der Waals surface area contributed by atoms with Gasteiger partial charge in [0.25, 0.3) is 0 Å². The minimum atomic E-state index is -0.243. The number of amides is 1. The van der Waals surface area contributed by atoms with Crippen LogP contribution in [0, 0.1) is 11.8 Å². The number of carbonyl (C=O) groups excluding carboxylic acids is 1. The molecule has 0 unspecified atom stereocenters. The van der Waals surface area contributed by atoms with E-state index in [1.165, 1.54) is 6.42 Å². The topological polar surface area (TPSA) is 41.9 Å². The van der Waals surface area contributed by atoms with Crippen LogP contribution in [0.25, 0.3) is 0 Å². The lowest BCUT2D eigenvalue weighted by molar-refractivity contribution is 0.0517. The summed E-state index contributed by atoms with van der Waals surface area (Å²) in [7, 11) is 0. The quantitative estimate of drug-likeness (QED) is 0.567. The first kappa shape index (κ1) is 13.7. The molecule has 4 nitrogen and oxygen atoms in total. The second-order valence-corrected chi connectivity index (χ2v) is 6.51. The van der Waals surface area contributed by atoms with Crippen LogP contribution in [0.2, 0.25) is 0 Å². The van der Waals surface area contributed by atoms with Crippen molar-refractivity contribution in [3.05, 3.63) is 12.7 Å². The molecular formula is C16H24N2O2. The van der Waals surface area contributed by atoms with E-state index in [0.717, 1.165) is 43.7 Å². The standard InChI is InChI=1S/C16H24N2O2/c1-4-6-11(3)13(5-2)17-18-14-9-12-7-8-16(14,10-12)20-15(18)19/h4,11-12,14H,1,5-10H2,2-3H3/b17-13+/t11-,12+,14+,16-/m0/s1. The number of allylic oxidation sites excluding steroid dienone is 1. The SMILES string of the molecule is C=CC[C@H](C)/C(CC)=N/N1C(=O)O[C@]23CC[C@H](C[C@@H]12)C3. The van der Waals surface area contributed by atoms with Crippen molar-refractivity contribution in [1.82, 2.24) is 5.01 Å². The third-order valence-corrected chi connectivity index (χ3v) is 5.23. The minimum Gasteiger partial charge on any atom is -0.439 e. The molecule has 4 heteroatoms. The molecule has 3 fully saturated rings. The molecule has 0 N–H and O–H groups in total. The lowest BCUT2D eigenvalue weighted by Crippen LogP contribution is -2.40. The predicted molar refractivity (Wildman–Crippen MR) is 78.5 cm³/mol. The highest BCUT2D eigenvalue weighted by Gasteiger charge is 2.63. The molecule has 2 saturated carbocycles. The van der Waals surface area contributed by atoms with Crippen LogP contribution in [0.5, 0.6) is 0 Å². The van der Waals surface area contributed by atoms with E-state index in [1.807, 2.05) is 6.08 Å². The Labute approximate surface area is 120 Å². The number of hydrogen-bond donors (Lipinski definition) is 0. The predicted octanol–water partition coefficient (Wildman–Crippen LogP) is 3.73. The monoisotopic (exact) mass is 276 g/mol. The van der Waals surface area contributed by atoms with Gasteiger partial charge >= 0.3 is 6.09 Å². The second-order valence-electron chi connectivity index (χ2n) is 6.51. The first-order valence-electron chi connectivity index (χ1n) is 7.80. The fourth-order valence-corrected chi connectivity index (χ4v) is 4.16. The lowest BCUT2D eigenvalue weighted by atomic mass is 9.92. The summed E-state index contributed by atoms with van der Waals surface area (Å²) in [6.45, 7) is 8.02. The Morgan fingerprint density at radius 2 is 2.50 bits per heavy atom. The third kappa shape index (κ3) is 1.97. The van der Waals surface area contributed by atoms with Crippen LogP contribution in [-0.4, -0.2) is 28.5 Å². The van der Waals surface area contributed by atoms with Crippen LogP contribution in [0.3, 0.4) is 0 Å². The average Bonchev–Trinajstić information content (AvgIpc) is 3.03. The molecular weight excluding hydrogens is 252 g/mol. The summed E-state index contributed by atoms with van der Waals surface area (Å²) >= 11 is 0. The van der Waals surface area contributed by atoms with Gasteiger partial charge in [-0.2, -0.15) is 10.1 Å². The fraction of sp³-hybridized carbons (Fsp3) is 0.750. The molecule has 3 aliphatic rings. The largest absolute Gasteiger partial charge is 0.439 e. The van der Waals surface area contributed by atoms with Gasteiger partial charge in [-0.05, 0) is 50.4 Å². The van der Waals surface area contributed by atoms with Crippen molar-refractivity contribution in [1.29, 1.82) is 0 Å². The summed E-state index contributed by atoms with van der Waals surface area (Å²) < 4.78 is 5.72. The number of nitrogens with zero attached hydrogens (tertiary/aromatic N) is 2. The molecule has 20 heavy (non-hydrogen) atoms. The molecule has 1 heterocycles. The highest BCUT2D eigenvalue weighted by molar-refractivity contribution is 5.87. The van der Waals surface area contributed by atoms with Crippen molar-refractivity contribution >= 4 is 11.8 Å². The van der Waals surface area contributed by atoms with Crippen molar-refractivity contribution in [2.24, 2.45) is 16.9 Å². The van der Waals surface area contributed by atoms with Crippen LogP contribution in [0.15, 0.2) is 17.8 Å². The van der Waals surface area contributed by atoms with Crippen LogP contribution in [0.4, 0.5) is 4.79 Å². The summed E-state index contributed by atoms with van der Waals surface area (Å²) in [6, 6.07) is 0.172. The number of hydrazone groups is 1. The van der Waals surface area contributed by atoms with E-state index < -0.39 is 0 Å². The molecule has 0 radical (unpaired) electrons. The first-order valence-corrected chi connectivity index (χ1v) is 7.80. The number of hydrogen-bond acceptors (Lipinski definition) is 3. The van der Waals surface area contributed by atoms with Gasteiger partial charge in [0, 0.05) is 5.71 Å². The molecule has 4 atom stereocenters. The van der Waals surface area contributed by atoms with Gasteiger partial charge in [0.1, 0.15) is 5.60 Å². The molecule has 110 valence electrons. The summed E-state index contributed by atoms with van der Waals surface area (Å²) in [4.78, 5) is 12.2. The van der Waals surface area contributed by atoms with Crippen LogP contribution < -0.4 is 0 Å². The van der Waals surface area contributed by atoms with E-state index >= 15 is 0 Å². The van der Waals surface area contributed by atoms with Crippen molar-refractivity contribution in [3.63, 3.8) is 0 Å².